The molecule has 0 bridgehead atoms. The van der Waals surface area contributed by atoms with Crippen LogP contribution < -0.4 is 5.32 Å². The Morgan fingerprint density at radius 2 is 2.05 bits per heavy atom. The highest BCUT2D eigenvalue weighted by Crippen LogP contribution is 2.27. The number of rotatable bonds is 4. The molecule has 2 aromatic rings. The Bertz CT molecular complexity index is 584. The first-order chi connectivity index (χ1) is 9.13. The lowest BCUT2D eigenvalue weighted by Gasteiger charge is -2.13. The molecule has 4 nitrogen and oxygen atoms in total. The Balaban J connectivity index is 2.52. The van der Waals surface area contributed by atoms with Gasteiger partial charge in [0.25, 0.3) is 0 Å². The van der Waals surface area contributed by atoms with Gasteiger partial charge in [-0.2, -0.15) is 0 Å². The van der Waals surface area contributed by atoms with Crippen LogP contribution in [-0.4, -0.2) is 21.5 Å². The molecule has 2 aromatic heterocycles. The zero-order valence-electron chi connectivity index (χ0n) is 11.4. The summed E-state index contributed by atoms with van der Waals surface area (Å²) in [4.78, 5) is 12.5. The summed E-state index contributed by atoms with van der Waals surface area (Å²) in [7, 11) is 0. The molecule has 0 radical (unpaired) electrons. The molecule has 0 saturated heterocycles. The van der Waals surface area contributed by atoms with Gasteiger partial charge in [0.1, 0.15) is 11.6 Å². The van der Waals surface area contributed by atoms with E-state index in [2.05, 4.69) is 27.2 Å². The first kappa shape index (κ1) is 13.4. The first-order valence-electron chi connectivity index (χ1n) is 6.32. The van der Waals surface area contributed by atoms with E-state index in [0.717, 1.165) is 24.3 Å². The van der Waals surface area contributed by atoms with Crippen molar-refractivity contribution in [3.05, 3.63) is 35.7 Å². The first-order valence-corrected chi connectivity index (χ1v) is 6.32. The summed E-state index contributed by atoms with van der Waals surface area (Å²) in [6.07, 6.45) is 3.77. The topological polar surface area (TPSA) is 50.7 Å². The van der Waals surface area contributed by atoms with Gasteiger partial charge in [0.15, 0.2) is 5.82 Å². The summed E-state index contributed by atoms with van der Waals surface area (Å²) in [5.74, 6) is 1.01. The van der Waals surface area contributed by atoms with Gasteiger partial charge < -0.3 is 5.32 Å². The molecule has 100 valence electrons. The molecule has 0 aliphatic heterocycles. The fourth-order valence-electron chi connectivity index (χ4n) is 1.87. The number of aromatic nitrogens is 3. The largest absolute Gasteiger partial charge is 0.370 e. The van der Waals surface area contributed by atoms with Gasteiger partial charge >= 0.3 is 0 Å². The van der Waals surface area contributed by atoms with Crippen molar-refractivity contribution in [2.45, 2.75) is 27.2 Å². The smallest absolute Gasteiger partial charge is 0.150 e. The van der Waals surface area contributed by atoms with E-state index < -0.39 is 0 Å². The lowest BCUT2D eigenvalue weighted by molar-refractivity contribution is 0.624. The van der Waals surface area contributed by atoms with E-state index in [0.29, 0.717) is 17.1 Å². The summed E-state index contributed by atoms with van der Waals surface area (Å²) < 4.78 is 13.8. The Morgan fingerprint density at radius 1 is 1.26 bits per heavy atom. The minimum Gasteiger partial charge on any atom is -0.370 e. The third kappa shape index (κ3) is 2.86. The molecule has 0 aliphatic carbocycles. The lowest BCUT2D eigenvalue weighted by Crippen LogP contribution is -2.08. The average molecular weight is 260 g/mol. The van der Waals surface area contributed by atoms with Crippen molar-refractivity contribution < 1.29 is 4.39 Å². The number of halogens is 1. The van der Waals surface area contributed by atoms with Crippen LogP contribution in [0.4, 0.5) is 10.2 Å². The van der Waals surface area contributed by atoms with E-state index in [1.807, 2.05) is 6.92 Å². The second-order valence-corrected chi connectivity index (χ2v) is 4.38. The summed E-state index contributed by atoms with van der Waals surface area (Å²) in [5.41, 5.74) is 1.92. The molecule has 19 heavy (non-hydrogen) atoms. The number of aryl methyl sites for hydroxylation is 1. The normalized spacial score (nSPS) is 10.5. The molecular weight excluding hydrogens is 243 g/mol. The Hall–Kier alpha value is -2.04. The predicted octanol–water partition coefficient (Wildman–Crippen LogP) is 3.12. The van der Waals surface area contributed by atoms with Gasteiger partial charge in [0.2, 0.25) is 0 Å². The number of nitrogens with zero attached hydrogens (tertiary/aromatic N) is 3. The van der Waals surface area contributed by atoms with E-state index in [4.69, 9.17) is 0 Å². The molecule has 0 fully saturated rings. The van der Waals surface area contributed by atoms with Crippen LogP contribution in [-0.2, 0) is 0 Å². The van der Waals surface area contributed by atoms with E-state index in [1.165, 1.54) is 6.20 Å². The summed E-state index contributed by atoms with van der Waals surface area (Å²) in [6, 6.07) is 1.63. The Morgan fingerprint density at radius 3 is 2.74 bits per heavy atom. The van der Waals surface area contributed by atoms with Crippen molar-refractivity contribution in [1.29, 1.82) is 0 Å². The van der Waals surface area contributed by atoms with Crippen LogP contribution in [0.1, 0.15) is 24.7 Å². The maximum Gasteiger partial charge on any atom is 0.150 e. The SMILES string of the molecule is CCCNc1nc(C)nc(-c2ccncc2F)c1C. The van der Waals surface area contributed by atoms with Gasteiger partial charge in [-0.3, -0.25) is 4.98 Å². The minimum atomic E-state index is -0.370. The molecular formula is C14H17FN4. The van der Waals surface area contributed by atoms with E-state index in [-0.39, 0.29) is 5.82 Å². The number of nitrogens with one attached hydrogen (secondary N) is 1. The van der Waals surface area contributed by atoms with Gasteiger partial charge in [-0.1, -0.05) is 6.92 Å². The number of hydrogen-bond donors (Lipinski definition) is 1. The minimum absolute atomic E-state index is 0.370. The van der Waals surface area contributed by atoms with Crippen molar-refractivity contribution in [3.8, 4) is 11.3 Å². The molecule has 0 saturated carbocycles. The second-order valence-electron chi connectivity index (χ2n) is 4.38. The van der Waals surface area contributed by atoms with Crippen LogP contribution in [0.15, 0.2) is 18.5 Å². The van der Waals surface area contributed by atoms with Gasteiger partial charge in [-0.05, 0) is 26.3 Å². The fourth-order valence-corrected chi connectivity index (χ4v) is 1.87. The van der Waals surface area contributed by atoms with Gasteiger partial charge in [-0.25, -0.2) is 14.4 Å². The molecule has 0 aliphatic rings. The molecule has 0 atom stereocenters. The maximum atomic E-state index is 13.8. The van der Waals surface area contributed by atoms with Crippen LogP contribution in [0.2, 0.25) is 0 Å². The third-order valence-corrected chi connectivity index (χ3v) is 2.83. The lowest BCUT2D eigenvalue weighted by atomic mass is 10.1. The third-order valence-electron chi connectivity index (χ3n) is 2.83. The predicted molar refractivity (Wildman–Crippen MR) is 73.5 cm³/mol. The Kier molecular flexibility index (Phi) is 4.04. The molecule has 0 spiro atoms. The number of hydrogen-bond acceptors (Lipinski definition) is 4. The summed E-state index contributed by atoms with van der Waals surface area (Å²) in [5, 5.41) is 3.24. The van der Waals surface area contributed by atoms with Crippen LogP contribution >= 0.6 is 0 Å². The number of anilines is 1. The van der Waals surface area contributed by atoms with E-state index in [9.17, 15) is 4.39 Å². The van der Waals surface area contributed by atoms with Gasteiger partial charge in [0, 0.05) is 23.9 Å². The van der Waals surface area contributed by atoms with E-state index in [1.54, 1.807) is 19.2 Å². The van der Waals surface area contributed by atoms with E-state index >= 15 is 0 Å². The molecule has 2 heterocycles. The molecule has 1 N–H and O–H groups in total. The van der Waals surface area contributed by atoms with Gasteiger partial charge in [0.05, 0.1) is 11.9 Å². The highest BCUT2D eigenvalue weighted by molar-refractivity contribution is 5.68. The molecule has 2 rings (SSSR count). The summed E-state index contributed by atoms with van der Waals surface area (Å²) >= 11 is 0. The van der Waals surface area contributed by atoms with Gasteiger partial charge in [-0.15, -0.1) is 0 Å². The van der Waals surface area contributed by atoms with Crippen LogP contribution in [0.5, 0.6) is 0 Å². The molecule has 0 unspecified atom stereocenters. The number of pyridine rings is 1. The molecule has 0 aromatic carbocycles. The molecule has 0 amide bonds. The quantitative estimate of drug-likeness (QED) is 0.917. The van der Waals surface area contributed by atoms with Crippen molar-refractivity contribution in [2.24, 2.45) is 0 Å². The van der Waals surface area contributed by atoms with Crippen molar-refractivity contribution in [1.82, 2.24) is 15.0 Å². The van der Waals surface area contributed by atoms with Crippen molar-refractivity contribution in [2.75, 3.05) is 11.9 Å². The fraction of sp³-hybridized carbons (Fsp3) is 0.357. The summed E-state index contributed by atoms with van der Waals surface area (Å²) in [6.45, 7) is 6.61. The molecule has 5 heteroatoms. The monoisotopic (exact) mass is 260 g/mol. The maximum absolute atomic E-state index is 13.8. The zero-order chi connectivity index (χ0) is 13.8. The van der Waals surface area contributed by atoms with Crippen molar-refractivity contribution in [3.63, 3.8) is 0 Å². The Labute approximate surface area is 112 Å². The average Bonchev–Trinajstić information content (AvgIpc) is 2.40. The second kappa shape index (κ2) is 5.73. The van der Waals surface area contributed by atoms with Crippen LogP contribution in [0.25, 0.3) is 11.3 Å². The highest BCUT2D eigenvalue weighted by Gasteiger charge is 2.14. The van der Waals surface area contributed by atoms with Crippen LogP contribution in [0.3, 0.4) is 0 Å². The zero-order valence-corrected chi connectivity index (χ0v) is 11.4. The standard InChI is InChI=1S/C14H17FN4/c1-4-6-17-14-9(2)13(18-10(3)19-14)11-5-7-16-8-12(11)15/h5,7-8H,4,6H2,1-3H3,(H,17,18,19). The van der Waals surface area contributed by atoms with Crippen LogP contribution in [0, 0.1) is 19.7 Å². The van der Waals surface area contributed by atoms with Crippen molar-refractivity contribution >= 4 is 5.82 Å². The highest BCUT2D eigenvalue weighted by atomic mass is 19.1.